The second-order valence-corrected chi connectivity index (χ2v) is 22.6. The summed E-state index contributed by atoms with van der Waals surface area (Å²) in [6.45, 7) is 13.3. The number of hydrogen-bond donors (Lipinski definition) is 3. The van der Waals surface area contributed by atoms with Crippen molar-refractivity contribution in [2.75, 3.05) is 75.2 Å². The number of rotatable bonds is 13. The van der Waals surface area contributed by atoms with E-state index in [1.54, 1.807) is 32.8 Å². The van der Waals surface area contributed by atoms with Gasteiger partial charge in [-0.1, -0.05) is 13.8 Å². The molecule has 4 saturated heterocycles. The van der Waals surface area contributed by atoms with Gasteiger partial charge in [-0.25, -0.2) is 23.7 Å². The molecule has 0 aliphatic carbocycles. The molecule has 3 N–H and O–H groups in total. The highest BCUT2D eigenvalue weighted by molar-refractivity contribution is 9.10. The van der Waals surface area contributed by atoms with Crippen molar-refractivity contribution in [2.24, 2.45) is 0 Å². The molecular formula is C49H58BrF2N10O4P. The summed E-state index contributed by atoms with van der Waals surface area (Å²) < 4.78 is 50.9. The van der Waals surface area contributed by atoms with Gasteiger partial charge in [-0.3, -0.25) is 24.7 Å². The zero-order valence-electron chi connectivity index (χ0n) is 38.7. The molecular weight excluding hydrogens is 941 g/mol. The van der Waals surface area contributed by atoms with Gasteiger partial charge in [0.05, 0.1) is 34.4 Å². The Labute approximate surface area is 398 Å². The molecule has 0 radical (unpaired) electrons. The molecule has 9 rings (SSSR count). The maximum atomic E-state index is 15.3. The van der Waals surface area contributed by atoms with E-state index in [9.17, 15) is 14.2 Å². The minimum Gasteiger partial charge on any atom is -0.494 e. The zero-order valence-corrected chi connectivity index (χ0v) is 41.2. The van der Waals surface area contributed by atoms with Gasteiger partial charge in [-0.2, -0.15) is 4.98 Å². The molecule has 2 amide bonds. The van der Waals surface area contributed by atoms with E-state index in [0.717, 1.165) is 93.8 Å². The predicted molar refractivity (Wildman–Crippen MR) is 262 cm³/mol. The summed E-state index contributed by atoms with van der Waals surface area (Å²) in [5, 5.41) is 10.4. The third kappa shape index (κ3) is 9.79. The molecule has 0 spiro atoms. The van der Waals surface area contributed by atoms with Crippen LogP contribution in [-0.4, -0.2) is 113 Å². The van der Waals surface area contributed by atoms with Crippen LogP contribution in [-0.2, 0) is 27.0 Å². The standard InChI is InChI=1S/C49H58BrF2N10O4P/c1-6-28-22-40(57-49-54-25-35(50)47(59-49)56-39-10-9-38-34(46(39)67(4,5)65)24-53-43(7-2)55-38)42(66-3)23-41(28)61-18-14-31(15-19-61)62-26-32(27-62)60-16-12-29(13-17-60)30-20-36(51)45(37(52)21-30)33-8-11-44(63)58-48(33)64/h9-10,20-25,29,31-33H,6-8,11-19,26-27H2,1-5H3,(H,58,63,64)(H2,54,56,57,59)/t33-/m1/s1. The van der Waals surface area contributed by atoms with Gasteiger partial charge in [0.1, 0.15) is 36.2 Å². The molecule has 4 aliphatic rings. The third-order valence-corrected chi connectivity index (χ3v) is 16.2. The highest BCUT2D eigenvalue weighted by atomic mass is 79.9. The molecule has 354 valence electrons. The van der Waals surface area contributed by atoms with E-state index in [4.69, 9.17) is 9.72 Å². The first-order valence-corrected chi connectivity index (χ1v) is 26.8. The summed E-state index contributed by atoms with van der Waals surface area (Å²) in [6.07, 6.45) is 8.93. The van der Waals surface area contributed by atoms with Gasteiger partial charge in [0.2, 0.25) is 17.8 Å². The lowest BCUT2D eigenvalue weighted by Gasteiger charge is -2.52. The lowest BCUT2D eigenvalue weighted by Crippen LogP contribution is -2.64. The molecule has 14 nitrogen and oxygen atoms in total. The number of anilines is 5. The number of ether oxygens (including phenoxy) is 1. The van der Waals surface area contributed by atoms with Gasteiger partial charge in [0.25, 0.3) is 0 Å². The maximum absolute atomic E-state index is 15.3. The quantitative estimate of drug-likeness (QED) is 0.0764. The van der Waals surface area contributed by atoms with Crippen LogP contribution >= 0.6 is 23.1 Å². The van der Waals surface area contributed by atoms with Crippen molar-refractivity contribution in [1.82, 2.24) is 35.1 Å². The smallest absolute Gasteiger partial charge is 0.234 e. The summed E-state index contributed by atoms with van der Waals surface area (Å²) in [7, 11) is -1.11. The lowest BCUT2D eigenvalue weighted by atomic mass is 9.84. The van der Waals surface area contributed by atoms with E-state index in [1.165, 1.54) is 23.4 Å². The number of nitrogens with zero attached hydrogens (tertiary/aromatic N) is 7. The number of aromatic nitrogens is 4. The Balaban J connectivity index is 0.797. The van der Waals surface area contributed by atoms with Crippen molar-refractivity contribution in [1.29, 1.82) is 0 Å². The number of methoxy groups -OCH3 is 1. The second kappa shape index (κ2) is 19.5. The average Bonchev–Trinajstić information content (AvgIpc) is 3.29. The van der Waals surface area contributed by atoms with Crippen LogP contribution in [0, 0.1) is 11.6 Å². The van der Waals surface area contributed by atoms with Crippen LogP contribution in [0.5, 0.6) is 5.75 Å². The monoisotopic (exact) mass is 998 g/mol. The Morgan fingerprint density at radius 1 is 0.851 bits per heavy atom. The molecule has 4 fully saturated rings. The van der Waals surface area contributed by atoms with Crippen LogP contribution in [0.1, 0.15) is 86.7 Å². The average molecular weight is 1000 g/mol. The SMILES string of the molecule is CCc1ncc2c(P(C)(C)=O)c(Nc3nc(Nc4cc(CC)c(N5CCC(N6CC(N7CCC(c8cc(F)c([C@H]9CCC(=O)NC9=O)c(F)c8)CC7)C6)CC5)cc4OC)ncc3Br)ccc2n1. The summed E-state index contributed by atoms with van der Waals surface area (Å²) >= 11 is 3.61. The topological polar surface area (TPSA) is 158 Å². The van der Waals surface area contributed by atoms with Crippen molar-refractivity contribution in [3.8, 4) is 5.75 Å². The van der Waals surface area contributed by atoms with Crippen molar-refractivity contribution < 1.29 is 27.7 Å². The first-order chi connectivity index (χ1) is 32.2. The highest BCUT2D eigenvalue weighted by Gasteiger charge is 2.39. The predicted octanol–water partition coefficient (Wildman–Crippen LogP) is 8.38. The van der Waals surface area contributed by atoms with Crippen molar-refractivity contribution in [3.05, 3.63) is 87.4 Å². The lowest BCUT2D eigenvalue weighted by molar-refractivity contribution is -0.134. The van der Waals surface area contributed by atoms with Crippen LogP contribution in [0.3, 0.4) is 0 Å². The number of piperidine rings is 3. The summed E-state index contributed by atoms with van der Waals surface area (Å²) in [5.41, 5.74) is 4.94. The number of imide groups is 1. The highest BCUT2D eigenvalue weighted by Crippen LogP contribution is 2.43. The Bertz CT molecular complexity index is 2730. The van der Waals surface area contributed by atoms with Crippen LogP contribution in [0.25, 0.3) is 10.9 Å². The van der Waals surface area contributed by atoms with Gasteiger partial charge >= 0.3 is 0 Å². The van der Waals surface area contributed by atoms with Crippen molar-refractivity contribution in [3.63, 3.8) is 0 Å². The molecule has 67 heavy (non-hydrogen) atoms. The van der Waals surface area contributed by atoms with Crippen LogP contribution in [0.4, 0.5) is 37.6 Å². The number of likely N-dealkylation sites (tertiary alicyclic amines) is 2. The van der Waals surface area contributed by atoms with E-state index in [2.05, 4.69) is 80.6 Å². The number of benzene rings is 3. The van der Waals surface area contributed by atoms with Gasteiger partial charge in [0, 0.05) is 91.5 Å². The number of hydrogen-bond acceptors (Lipinski definition) is 13. The minimum atomic E-state index is -2.78. The summed E-state index contributed by atoms with van der Waals surface area (Å²) in [4.78, 5) is 50.1. The number of nitrogens with one attached hydrogen (secondary N) is 3. The molecule has 4 aliphatic heterocycles. The van der Waals surface area contributed by atoms with Gasteiger partial charge in [-0.05, 0) is 128 Å². The number of aryl methyl sites for hydroxylation is 2. The number of fused-ring (bicyclic) bond motifs is 1. The maximum Gasteiger partial charge on any atom is 0.234 e. The number of halogens is 3. The van der Waals surface area contributed by atoms with Gasteiger partial charge in [0.15, 0.2) is 0 Å². The van der Waals surface area contributed by atoms with E-state index in [-0.39, 0.29) is 24.3 Å². The normalized spacial score (nSPS) is 19.4. The van der Waals surface area contributed by atoms with E-state index >= 15 is 8.78 Å². The minimum absolute atomic E-state index is 0.0542. The molecule has 0 saturated carbocycles. The molecule has 5 aromatic rings. The largest absolute Gasteiger partial charge is 0.494 e. The molecule has 2 aromatic heterocycles. The summed E-state index contributed by atoms with van der Waals surface area (Å²) in [5.74, 6) is -1.09. The summed E-state index contributed by atoms with van der Waals surface area (Å²) in [6, 6.07) is 11.8. The number of carbonyl (C=O) groups is 2. The van der Waals surface area contributed by atoms with E-state index < -0.39 is 36.5 Å². The first-order valence-electron chi connectivity index (χ1n) is 23.4. The number of amides is 2. The molecule has 0 bridgehead atoms. The first kappa shape index (κ1) is 47.0. The fourth-order valence-corrected chi connectivity index (χ4v) is 12.2. The Hall–Kier alpha value is -5.09. The second-order valence-electron chi connectivity index (χ2n) is 18.6. The fourth-order valence-electron chi connectivity index (χ4n) is 10.4. The molecule has 18 heteroatoms. The molecule has 6 heterocycles. The number of carbonyl (C=O) groups excluding carboxylic acids is 2. The molecule has 0 unspecified atom stereocenters. The van der Waals surface area contributed by atoms with E-state index in [1.807, 2.05) is 19.1 Å². The fraction of sp³-hybridized carbons (Fsp3) is 0.469. The Morgan fingerprint density at radius 2 is 1.58 bits per heavy atom. The van der Waals surface area contributed by atoms with Crippen LogP contribution < -0.4 is 30.9 Å². The molecule has 1 atom stereocenters. The molecule has 3 aromatic carbocycles. The third-order valence-electron chi connectivity index (χ3n) is 14.1. The zero-order chi connectivity index (χ0) is 47.1. The van der Waals surface area contributed by atoms with E-state index in [0.29, 0.717) is 57.0 Å². The van der Waals surface area contributed by atoms with Gasteiger partial charge < -0.3 is 24.8 Å². The van der Waals surface area contributed by atoms with Crippen molar-refractivity contribution in [2.45, 2.75) is 89.1 Å². The Morgan fingerprint density at radius 3 is 2.24 bits per heavy atom. The Kier molecular flexibility index (Phi) is 13.7. The van der Waals surface area contributed by atoms with Gasteiger partial charge in [-0.15, -0.1) is 0 Å². The van der Waals surface area contributed by atoms with Crippen LogP contribution in [0.2, 0.25) is 0 Å². The van der Waals surface area contributed by atoms with Crippen molar-refractivity contribution >= 4 is 79.9 Å². The van der Waals surface area contributed by atoms with Crippen LogP contribution in [0.15, 0.2) is 53.3 Å².